The highest BCUT2D eigenvalue weighted by Crippen LogP contribution is 2.25. The van der Waals surface area contributed by atoms with Gasteiger partial charge in [0.2, 0.25) is 5.91 Å². The van der Waals surface area contributed by atoms with E-state index in [0.29, 0.717) is 30.6 Å². The highest BCUT2D eigenvalue weighted by molar-refractivity contribution is 5.94. The molecule has 2 aliphatic rings. The Bertz CT molecular complexity index is 532. The molecule has 126 valence electrons. The summed E-state index contributed by atoms with van der Waals surface area (Å²) < 4.78 is 4.97. The number of hydrogen-bond donors (Lipinski definition) is 1. The van der Waals surface area contributed by atoms with Crippen molar-refractivity contribution in [2.45, 2.75) is 51.5 Å². The SMILES string of the molecule is C[C@H]1CCCC[C@@H]1NC(=O)C1CCN(C(=O)c2ccoc2)CC1. The molecule has 23 heavy (non-hydrogen) atoms. The van der Waals surface area contributed by atoms with Gasteiger partial charge in [0, 0.05) is 25.0 Å². The third-order valence-corrected chi connectivity index (χ3v) is 5.36. The highest BCUT2D eigenvalue weighted by Gasteiger charge is 2.30. The summed E-state index contributed by atoms with van der Waals surface area (Å²) in [6.07, 6.45) is 9.29. The molecule has 0 aromatic carbocycles. The van der Waals surface area contributed by atoms with Crippen LogP contribution in [0.25, 0.3) is 0 Å². The Morgan fingerprint density at radius 2 is 1.91 bits per heavy atom. The van der Waals surface area contributed by atoms with Crippen molar-refractivity contribution in [1.29, 1.82) is 0 Å². The molecule has 1 aliphatic heterocycles. The number of carbonyl (C=O) groups excluding carboxylic acids is 2. The van der Waals surface area contributed by atoms with Gasteiger partial charge in [-0.25, -0.2) is 0 Å². The first kappa shape index (κ1) is 16.1. The lowest BCUT2D eigenvalue weighted by atomic mass is 9.85. The topological polar surface area (TPSA) is 62.6 Å². The van der Waals surface area contributed by atoms with Crippen LogP contribution in [0, 0.1) is 11.8 Å². The molecule has 0 radical (unpaired) electrons. The molecular weight excluding hydrogens is 292 g/mol. The molecule has 5 heteroatoms. The minimum absolute atomic E-state index is 0.00138. The van der Waals surface area contributed by atoms with Gasteiger partial charge in [-0.3, -0.25) is 9.59 Å². The van der Waals surface area contributed by atoms with Crippen LogP contribution in [0.5, 0.6) is 0 Å². The van der Waals surface area contributed by atoms with Crippen LogP contribution in [0.1, 0.15) is 55.8 Å². The maximum absolute atomic E-state index is 12.5. The molecule has 2 heterocycles. The summed E-state index contributed by atoms with van der Waals surface area (Å²) in [5.74, 6) is 0.797. The smallest absolute Gasteiger partial charge is 0.257 e. The molecule has 1 saturated heterocycles. The normalized spacial score (nSPS) is 26.0. The molecule has 5 nitrogen and oxygen atoms in total. The highest BCUT2D eigenvalue weighted by atomic mass is 16.3. The maximum Gasteiger partial charge on any atom is 0.257 e. The fourth-order valence-electron chi connectivity index (χ4n) is 3.74. The summed E-state index contributed by atoms with van der Waals surface area (Å²) in [5, 5.41) is 3.25. The number of piperidine rings is 1. The van der Waals surface area contributed by atoms with Gasteiger partial charge in [-0.1, -0.05) is 19.8 Å². The summed E-state index contributed by atoms with van der Waals surface area (Å²) >= 11 is 0. The lowest BCUT2D eigenvalue weighted by molar-refractivity contribution is -0.127. The summed E-state index contributed by atoms with van der Waals surface area (Å²) in [6, 6.07) is 2.02. The predicted molar refractivity (Wildman–Crippen MR) is 86.9 cm³/mol. The number of likely N-dealkylation sites (tertiary alicyclic amines) is 1. The van der Waals surface area contributed by atoms with Crippen molar-refractivity contribution in [3.8, 4) is 0 Å². The van der Waals surface area contributed by atoms with Crippen molar-refractivity contribution in [3.63, 3.8) is 0 Å². The predicted octanol–water partition coefficient (Wildman–Crippen LogP) is 2.83. The van der Waals surface area contributed by atoms with E-state index in [-0.39, 0.29) is 17.7 Å². The van der Waals surface area contributed by atoms with E-state index in [9.17, 15) is 9.59 Å². The van der Waals surface area contributed by atoms with Crippen LogP contribution in [0.15, 0.2) is 23.0 Å². The van der Waals surface area contributed by atoms with Gasteiger partial charge in [0.15, 0.2) is 0 Å². The molecule has 0 spiro atoms. The summed E-state index contributed by atoms with van der Waals surface area (Å²) in [6.45, 7) is 3.51. The van der Waals surface area contributed by atoms with Crippen molar-refractivity contribution in [2.75, 3.05) is 13.1 Å². The number of nitrogens with zero attached hydrogens (tertiary/aromatic N) is 1. The number of amides is 2. The Labute approximate surface area is 137 Å². The van der Waals surface area contributed by atoms with Gasteiger partial charge in [0.25, 0.3) is 5.91 Å². The molecule has 1 saturated carbocycles. The van der Waals surface area contributed by atoms with Crippen LogP contribution in [0.2, 0.25) is 0 Å². The quantitative estimate of drug-likeness (QED) is 0.932. The first-order valence-electron chi connectivity index (χ1n) is 8.77. The van der Waals surface area contributed by atoms with Gasteiger partial charge in [0.1, 0.15) is 6.26 Å². The molecule has 1 aromatic heterocycles. The Hall–Kier alpha value is -1.78. The number of hydrogen-bond acceptors (Lipinski definition) is 3. The Kier molecular flexibility index (Phi) is 5.03. The van der Waals surface area contributed by atoms with Crippen LogP contribution >= 0.6 is 0 Å². The molecule has 0 unspecified atom stereocenters. The fraction of sp³-hybridized carbons (Fsp3) is 0.667. The minimum atomic E-state index is -0.00138. The number of rotatable bonds is 3. The number of nitrogens with one attached hydrogen (secondary N) is 1. The average molecular weight is 318 g/mol. The van der Waals surface area contributed by atoms with Gasteiger partial charge in [0.05, 0.1) is 11.8 Å². The molecule has 1 aliphatic carbocycles. The Morgan fingerprint density at radius 3 is 2.57 bits per heavy atom. The molecule has 3 rings (SSSR count). The molecule has 2 atom stereocenters. The first-order chi connectivity index (χ1) is 11.1. The first-order valence-corrected chi connectivity index (χ1v) is 8.77. The van der Waals surface area contributed by atoms with E-state index in [1.54, 1.807) is 6.07 Å². The Morgan fingerprint density at radius 1 is 1.17 bits per heavy atom. The summed E-state index contributed by atoms with van der Waals surface area (Å²) in [5.41, 5.74) is 0.587. The molecule has 2 amide bonds. The van der Waals surface area contributed by atoms with Crippen LogP contribution < -0.4 is 5.32 Å². The molecule has 0 bridgehead atoms. The lowest BCUT2D eigenvalue weighted by Crippen LogP contribution is -2.47. The van der Waals surface area contributed by atoms with Gasteiger partial charge < -0.3 is 14.6 Å². The van der Waals surface area contributed by atoms with E-state index in [1.807, 2.05) is 4.90 Å². The second-order valence-electron chi connectivity index (χ2n) is 6.96. The third-order valence-electron chi connectivity index (χ3n) is 5.36. The van der Waals surface area contributed by atoms with E-state index < -0.39 is 0 Å². The zero-order chi connectivity index (χ0) is 16.2. The summed E-state index contributed by atoms with van der Waals surface area (Å²) in [7, 11) is 0. The average Bonchev–Trinajstić information content (AvgIpc) is 3.11. The zero-order valence-electron chi connectivity index (χ0n) is 13.8. The third kappa shape index (κ3) is 3.77. The van der Waals surface area contributed by atoms with E-state index in [0.717, 1.165) is 19.3 Å². The van der Waals surface area contributed by atoms with E-state index in [4.69, 9.17) is 4.42 Å². The number of furan rings is 1. The maximum atomic E-state index is 12.5. The summed E-state index contributed by atoms with van der Waals surface area (Å²) in [4.78, 5) is 26.6. The second-order valence-corrected chi connectivity index (χ2v) is 6.96. The largest absolute Gasteiger partial charge is 0.472 e. The van der Waals surface area contributed by atoms with Crippen LogP contribution in [-0.2, 0) is 4.79 Å². The fourth-order valence-corrected chi connectivity index (χ4v) is 3.74. The molecule has 2 fully saturated rings. The lowest BCUT2D eigenvalue weighted by Gasteiger charge is -2.34. The molecule has 1 N–H and O–H groups in total. The van der Waals surface area contributed by atoms with E-state index in [2.05, 4.69) is 12.2 Å². The van der Waals surface area contributed by atoms with Crippen molar-refractivity contribution >= 4 is 11.8 Å². The van der Waals surface area contributed by atoms with Crippen LogP contribution in [0.3, 0.4) is 0 Å². The van der Waals surface area contributed by atoms with Crippen molar-refractivity contribution in [1.82, 2.24) is 10.2 Å². The van der Waals surface area contributed by atoms with E-state index in [1.165, 1.54) is 31.8 Å². The molecule has 1 aromatic rings. The monoisotopic (exact) mass is 318 g/mol. The number of carbonyl (C=O) groups is 2. The van der Waals surface area contributed by atoms with Gasteiger partial charge >= 0.3 is 0 Å². The Balaban J connectivity index is 1.48. The van der Waals surface area contributed by atoms with Crippen molar-refractivity contribution in [3.05, 3.63) is 24.2 Å². The van der Waals surface area contributed by atoms with Gasteiger partial charge in [-0.15, -0.1) is 0 Å². The minimum Gasteiger partial charge on any atom is -0.472 e. The van der Waals surface area contributed by atoms with Crippen LogP contribution in [-0.4, -0.2) is 35.8 Å². The second kappa shape index (κ2) is 7.20. The van der Waals surface area contributed by atoms with Crippen molar-refractivity contribution < 1.29 is 14.0 Å². The van der Waals surface area contributed by atoms with Gasteiger partial charge in [-0.2, -0.15) is 0 Å². The zero-order valence-corrected chi connectivity index (χ0v) is 13.8. The van der Waals surface area contributed by atoms with E-state index >= 15 is 0 Å². The molecular formula is C18H26N2O3. The van der Waals surface area contributed by atoms with Gasteiger partial charge in [-0.05, 0) is 37.7 Å². The van der Waals surface area contributed by atoms with Crippen molar-refractivity contribution in [2.24, 2.45) is 11.8 Å². The van der Waals surface area contributed by atoms with Crippen LogP contribution in [0.4, 0.5) is 0 Å². The standard InChI is InChI=1S/C18H26N2O3/c1-13-4-2-3-5-16(13)19-17(21)14-6-9-20(10-7-14)18(22)15-8-11-23-12-15/h8,11-14,16H,2-7,9-10H2,1H3,(H,19,21)/t13-,16-/m0/s1.